The Hall–Kier alpha value is -1.06. The monoisotopic (exact) mass is 439 g/mol. The Labute approximate surface area is 155 Å². The lowest BCUT2D eigenvalue weighted by Gasteiger charge is -2.34. The maximum Gasteiger partial charge on any atom is 0.241 e. The second-order valence-electron chi connectivity index (χ2n) is 5.64. The second kappa shape index (κ2) is 12.4. The Kier molecular flexibility index (Phi) is 11.8. The van der Waals surface area contributed by atoms with E-state index in [1.807, 2.05) is 13.8 Å². The summed E-state index contributed by atoms with van der Waals surface area (Å²) in [7, 11) is 0. The van der Waals surface area contributed by atoms with Gasteiger partial charge in [0, 0.05) is 32.6 Å². The minimum atomic E-state index is -0.257. The van der Waals surface area contributed by atoms with Gasteiger partial charge in [-0.25, -0.2) is 4.99 Å². The molecule has 1 heterocycles. The number of halogens is 1. The molecule has 2 amide bonds. The number of guanidine groups is 1. The molecule has 0 aromatic rings. The number of carbonyl (C=O) groups excluding carboxylic acids is 2. The molecule has 0 saturated carbocycles. The Bertz CT molecular complexity index is 403. The summed E-state index contributed by atoms with van der Waals surface area (Å²) in [5, 5.41) is 6.03. The molecule has 1 unspecified atom stereocenters. The van der Waals surface area contributed by atoms with Crippen molar-refractivity contribution < 1.29 is 9.59 Å². The van der Waals surface area contributed by atoms with Crippen molar-refractivity contribution in [2.24, 2.45) is 16.6 Å². The first kappa shape index (κ1) is 21.9. The van der Waals surface area contributed by atoms with Gasteiger partial charge in [0.2, 0.25) is 11.8 Å². The number of primary amides is 1. The Morgan fingerprint density at radius 3 is 2.65 bits per heavy atom. The van der Waals surface area contributed by atoms with E-state index in [4.69, 9.17) is 5.73 Å². The number of hydrogen-bond acceptors (Lipinski definition) is 3. The Morgan fingerprint density at radius 2 is 2.04 bits per heavy atom. The summed E-state index contributed by atoms with van der Waals surface area (Å²) in [4.78, 5) is 29.3. The summed E-state index contributed by atoms with van der Waals surface area (Å²) >= 11 is 0. The lowest BCUT2D eigenvalue weighted by molar-refractivity contribution is -0.120. The number of rotatable bonds is 7. The predicted molar refractivity (Wildman–Crippen MR) is 103 cm³/mol. The first-order chi connectivity index (χ1) is 10.6. The number of nitrogens with two attached hydrogens (primary N) is 1. The van der Waals surface area contributed by atoms with Crippen molar-refractivity contribution in [1.29, 1.82) is 0 Å². The van der Waals surface area contributed by atoms with Crippen molar-refractivity contribution in [1.82, 2.24) is 15.5 Å². The number of nitrogens with zero attached hydrogens (tertiary/aromatic N) is 2. The number of likely N-dealkylation sites (tertiary alicyclic amines) is 1. The SMILES string of the molecule is CCCNC(=O)CN=C(NCC)N1CCCC(CC(N)=O)C1.I. The van der Waals surface area contributed by atoms with E-state index in [1.54, 1.807) is 0 Å². The summed E-state index contributed by atoms with van der Waals surface area (Å²) in [6.45, 7) is 7.20. The molecule has 134 valence electrons. The zero-order valence-corrected chi connectivity index (χ0v) is 16.5. The van der Waals surface area contributed by atoms with Crippen LogP contribution in [0.3, 0.4) is 0 Å². The van der Waals surface area contributed by atoms with Crippen molar-refractivity contribution in [3.8, 4) is 0 Å². The van der Waals surface area contributed by atoms with E-state index >= 15 is 0 Å². The molecule has 0 aromatic heterocycles. The summed E-state index contributed by atoms with van der Waals surface area (Å²) < 4.78 is 0. The van der Waals surface area contributed by atoms with Gasteiger partial charge in [-0.05, 0) is 32.1 Å². The van der Waals surface area contributed by atoms with Crippen LogP contribution in [-0.4, -0.2) is 55.4 Å². The minimum Gasteiger partial charge on any atom is -0.370 e. The predicted octanol–water partition coefficient (Wildman–Crippen LogP) is 0.684. The molecule has 0 bridgehead atoms. The topological polar surface area (TPSA) is 99.8 Å². The fourth-order valence-corrected chi connectivity index (χ4v) is 2.60. The molecule has 1 aliphatic rings. The van der Waals surface area contributed by atoms with Crippen molar-refractivity contribution in [3.63, 3.8) is 0 Å². The van der Waals surface area contributed by atoms with Crippen molar-refractivity contribution in [2.75, 3.05) is 32.7 Å². The van der Waals surface area contributed by atoms with Crippen LogP contribution in [0.4, 0.5) is 0 Å². The van der Waals surface area contributed by atoms with Crippen LogP contribution in [-0.2, 0) is 9.59 Å². The average molecular weight is 439 g/mol. The van der Waals surface area contributed by atoms with Gasteiger partial charge in [0.25, 0.3) is 0 Å². The van der Waals surface area contributed by atoms with E-state index in [-0.39, 0.29) is 48.3 Å². The van der Waals surface area contributed by atoms with Crippen LogP contribution in [0, 0.1) is 5.92 Å². The molecular weight excluding hydrogens is 409 g/mol. The fourth-order valence-electron chi connectivity index (χ4n) is 2.60. The quantitative estimate of drug-likeness (QED) is 0.309. The highest BCUT2D eigenvalue weighted by atomic mass is 127. The second-order valence-corrected chi connectivity index (χ2v) is 5.64. The van der Waals surface area contributed by atoms with Crippen molar-refractivity contribution >= 4 is 41.8 Å². The number of carbonyl (C=O) groups is 2. The fraction of sp³-hybridized carbons (Fsp3) is 0.800. The number of piperidine rings is 1. The molecule has 4 N–H and O–H groups in total. The molecule has 8 heteroatoms. The van der Waals surface area contributed by atoms with E-state index in [2.05, 4.69) is 20.5 Å². The van der Waals surface area contributed by atoms with Gasteiger partial charge in [0.15, 0.2) is 5.96 Å². The number of aliphatic imine (C=N–C) groups is 1. The molecule has 1 saturated heterocycles. The van der Waals surface area contributed by atoms with Crippen LogP contribution in [0.15, 0.2) is 4.99 Å². The van der Waals surface area contributed by atoms with Crippen LogP contribution in [0.2, 0.25) is 0 Å². The van der Waals surface area contributed by atoms with E-state index in [1.165, 1.54) is 0 Å². The highest BCUT2D eigenvalue weighted by Gasteiger charge is 2.23. The molecular formula is C15H30IN5O2. The summed E-state index contributed by atoms with van der Waals surface area (Å²) in [6.07, 6.45) is 3.34. The summed E-state index contributed by atoms with van der Waals surface area (Å²) in [5.41, 5.74) is 5.29. The molecule has 1 atom stereocenters. The molecule has 1 aliphatic heterocycles. The molecule has 0 aromatic carbocycles. The highest BCUT2D eigenvalue weighted by molar-refractivity contribution is 14.0. The summed E-state index contributed by atoms with van der Waals surface area (Å²) in [5.74, 6) is 0.683. The average Bonchev–Trinajstić information content (AvgIpc) is 2.49. The van der Waals surface area contributed by atoms with E-state index in [9.17, 15) is 9.59 Å². The van der Waals surface area contributed by atoms with Crippen LogP contribution in [0.5, 0.6) is 0 Å². The largest absolute Gasteiger partial charge is 0.370 e. The van der Waals surface area contributed by atoms with Crippen molar-refractivity contribution in [3.05, 3.63) is 0 Å². The minimum absolute atomic E-state index is 0. The normalized spacial score (nSPS) is 18.1. The maximum atomic E-state index is 11.7. The van der Waals surface area contributed by atoms with Gasteiger partial charge in [-0.2, -0.15) is 0 Å². The van der Waals surface area contributed by atoms with Gasteiger partial charge in [-0.3, -0.25) is 9.59 Å². The first-order valence-corrected chi connectivity index (χ1v) is 8.15. The Balaban J connectivity index is 0.00000484. The molecule has 0 radical (unpaired) electrons. The van der Waals surface area contributed by atoms with Crippen LogP contribution < -0.4 is 16.4 Å². The standard InChI is InChI=1S/C15H29N5O2.HI/c1-3-7-18-14(22)10-19-15(17-4-2)20-8-5-6-12(11-20)9-13(16)21;/h12H,3-11H2,1-2H3,(H2,16,21)(H,17,19)(H,18,22);1H. The molecule has 1 fully saturated rings. The zero-order chi connectivity index (χ0) is 16.4. The summed E-state index contributed by atoms with van der Waals surface area (Å²) in [6, 6.07) is 0. The molecule has 23 heavy (non-hydrogen) atoms. The zero-order valence-electron chi connectivity index (χ0n) is 14.1. The van der Waals surface area contributed by atoms with Gasteiger partial charge in [0.05, 0.1) is 0 Å². The molecule has 0 spiro atoms. The highest BCUT2D eigenvalue weighted by Crippen LogP contribution is 2.19. The molecule has 1 rings (SSSR count). The third-order valence-corrected chi connectivity index (χ3v) is 3.59. The number of nitrogens with one attached hydrogen (secondary N) is 2. The van der Waals surface area contributed by atoms with Crippen LogP contribution in [0.1, 0.15) is 39.5 Å². The smallest absolute Gasteiger partial charge is 0.241 e. The van der Waals surface area contributed by atoms with Gasteiger partial charge in [0.1, 0.15) is 6.54 Å². The van der Waals surface area contributed by atoms with Gasteiger partial charge in [-0.1, -0.05) is 6.92 Å². The first-order valence-electron chi connectivity index (χ1n) is 8.15. The van der Waals surface area contributed by atoms with Crippen molar-refractivity contribution in [2.45, 2.75) is 39.5 Å². The van der Waals surface area contributed by atoms with Gasteiger partial charge in [-0.15, -0.1) is 24.0 Å². The van der Waals surface area contributed by atoms with E-state index in [0.29, 0.717) is 13.0 Å². The molecule has 7 nitrogen and oxygen atoms in total. The number of hydrogen-bond donors (Lipinski definition) is 3. The third kappa shape index (κ3) is 8.97. The van der Waals surface area contributed by atoms with E-state index < -0.39 is 0 Å². The van der Waals surface area contributed by atoms with Gasteiger partial charge < -0.3 is 21.3 Å². The van der Waals surface area contributed by atoms with Crippen LogP contribution >= 0.6 is 24.0 Å². The number of amides is 2. The third-order valence-electron chi connectivity index (χ3n) is 3.59. The maximum absolute atomic E-state index is 11.7. The molecule has 0 aliphatic carbocycles. The lowest BCUT2D eigenvalue weighted by Crippen LogP contribution is -2.47. The van der Waals surface area contributed by atoms with E-state index in [0.717, 1.165) is 44.9 Å². The van der Waals surface area contributed by atoms with Gasteiger partial charge >= 0.3 is 0 Å². The Morgan fingerprint density at radius 1 is 1.30 bits per heavy atom. The van der Waals surface area contributed by atoms with Crippen LogP contribution in [0.25, 0.3) is 0 Å². The lowest BCUT2D eigenvalue weighted by atomic mass is 9.95.